The molecule has 0 spiro atoms. The molecule has 16 heavy (non-hydrogen) atoms. The Balaban J connectivity index is 1.77. The molecule has 3 nitrogen and oxygen atoms in total. The van der Waals surface area contributed by atoms with Gasteiger partial charge in [-0.3, -0.25) is 4.79 Å². The van der Waals surface area contributed by atoms with Crippen LogP contribution in [0.15, 0.2) is 0 Å². The van der Waals surface area contributed by atoms with Crippen LogP contribution >= 0.6 is 11.8 Å². The van der Waals surface area contributed by atoms with Gasteiger partial charge in [-0.05, 0) is 37.9 Å². The van der Waals surface area contributed by atoms with Gasteiger partial charge in [0, 0.05) is 17.8 Å². The summed E-state index contributed by atoms with van der Waals surface area (Å²) in [5.41, 5.74) is 5.47. The van der Waals surface area contributed by atoms with Crippen molar-refractivity contribution in [3.63, 3.8) is 0 Å². The molecule has 0 aromatic rings. The summed E-state index contributed by atoms with van der Waals surface area (Å²) in [4.78, 5) is 12.0. The number of carbonyl (C=O) groups is 1. The predicted molar refractivity (Wildman–Crippen MR) is 68.4 cm³/mol. The lowest BCUT2D eigenvalue weighted by atomic mass is 10.1. The van der Waals surface area contributed by atoms with E-state index in [9.17, 15) is 4.79 Å². The van der Waals surface area contributed by atoms with Crippen molar-refractivity contribution in [3.8, 4) is 0 Å². The Morgan fingerprint density at radius 1 is 1.50 bits per heavy atom. The van der Waals surface area contributed by atoms with E-state index in [1.54, 1.807) is 0 Å². The lowest BCUT2D eigenvalue weighted by molar-refractivity contribution is -0.126. The lowest BCUT2D eigenvalue weighted by Gasteiger charge is -2.17. The minimum absolute atomic E-state index is 0.185. The summed E-state index contributed by atoms with van der Waals surface area (Å²) in [6.07, 6.45) is 5.50. The second-order valence-electron chi connectivity index (χ2n) is 5.05. The number of amides is 1. The molecule has 2 rings (SSSR count). The van der Waals surface area contributed by atoms with E-state index in [4.69, 9.17) is 5.73 Å². The molecule has 0 radical (unpaired) electrons. The van der Waals surface area contributed by atoms with Gasteiger partial charge in [-0.25, -0.2) is 0 Å². The Kier molecular flexibility index (Phi) is 3.80. The lowest BCUT2D eigenvalue weighted by Crippen LogP contribution is -2.41. The van der Waals surface area contributed by atoms with Gasteiger partial charge in [0.05, 0.1) is 5.41 Å². The van der Waals surface area contributed by atoms with E-state index < -0.39 is 0 Å². The maximum atomic E-state index is 12.0. The second-order valence-corrected chi connectivity index (χ2v) is 6.62. The number of thioether (sulfide) groups is 1. The van der Waals surface area contributed by atoms with Crippen molar-refractivity contribution in [2.45, 2.75) is 50.3 Å². The normalized spacial score (nSPS) is 31.4. The van der Waals surface area contributed by atoms with Crippen LogP contribution in [-0.4, -0.2) is 29.5 Å². The van der Waals surface area contributed by atoms with Crippen LogP contribution < -0.4 is 11.1 Å². The Hall–Kier alpha value is -0.220. The van der Waals surface area contributed by atoms with Crippen LogP contribution in [0.25, 0.3) is 0 Å². The maximum Gasteiger partial charge on any atom is 0.227 e. The number of hydrogen-bond acceptors (Lipinski definition) is 3. The van der Waals surface area contributed by atoms with E-state index in [1.807, 2.05) is 11.8 Å². The third-order valence-electron chi connectivity index (χ3n) is 3.85. The summed E-state index contributed by atoms with van der Waals surface area (Å²) >= 11 is 2.02. The Labute approximate surface area is 102 Å². The van der Waals surface area contributed by atoms with Crippen molar-refractivity contribution < 1.29 is 4.79 Å². The maximum absolute atomic E-state index is 12.0. The molecule has 2 fully saturated rings. The number of nitrogens with two attached hydrogens (primary N) is 1. The number of rotatable bonds is 5. The zero-order valence-corrected chi connectivity index (χ0v) is 10.8. The largest absolute Gasteiger partial charge is 0.353 e. The van der Waals surface area contributed by atoms with Crippen LogP contribution in [-0.2, 0) is 4.79 Å². The predicted octanol–water partition coefficient (Wildman–Crippen LogP) is 1.52. The van der Waals surface area contributed by atoms with Crippen molar-refractivity contribution in [2.24, 2.45) is 11.1 Å². The van der Waals surface area contributed by atoms with Crippen LogP contribution in [0, 0.1) is 5.41 Å². The van der Waals surface area contributed by atoms with E-state index in [-0.39, 0.29) is 11.3 Å². The molecule has 2 aliphatic carbocycles. The van der Waals surface area contributed by atoms with Gasteiger partial charge in [0.25, 0.3) is 0 Å². The van der Waals surface area contributed by atoms with E-state index in [1.165, 1.54) is 12.2 Å². The molecule has 2 aliphatic rings. The van der Waals surface area contributed by atoms with Crippen LogP contribution in [0.3, 0.4) is 0 Å². The molecular weight excluding hydrogens is 220 g/mol. The van der Waals surface area contributed by atoms with E-state index in [0.717, 1.165) is 30.9 Å². The molecule has 2 saturated carbocycles. The van der Waals surface area contributed by atoms with Crippen LogP contribution in [0.5, 0.6) is 0 Å². The van der Waals surface area contributed by atoms with Crippen molar-refractivity contribution in [2.75, 3.05) is 12.3 Å². The highest BCUT2D eigenvalue weighted by atomic mass is 32.2. The first-order valence-corrected chi connectivity index (χ1v) is 7.37. The molecule has 4 heteroatoms. The Morgan fingerprint density at radius 2 is 2.25 bits per heavy atom. The molecule has 0 heterocycles. The van der Waals surface area contributed by atoms with Crippen molar-refractivity contribution in [1.82, 2.24) is 5.32 Å². The number of nitrogens with one attached hydrogen (secondary N) is 1. The topological polar surface area (TPSA) is 55.1 Å². The minimum atomic E-state index is -0.185. The third kappa shape index (κ3) is 2.54. The van der Waals surface area contributed by atoms with Crippen LogP contribution in [0.1, 0.15) is 39.0 Å². The molecule has 0 bridgehead atoms. The fourth-order valence-corrected chi connectivity index (χ4v) is 3.61. The van der Waals surface area contributed by atoms with Crippen LogP contribution in [0.2, 0.25) is 0 Å². The number of carbonyl (C=O) groups excluding carboxylic acids is 1. The SMILES string of the molecule is CCSC1CCC(NC(=O)C2(CN)CC2)C1. The highest BCUT2D eigenvalue weighted by Crippen LogP contribution is 2.45. The first-order chi connectivity index (χ1) is 7.70. The summed E-state index contributed by atoms with van der Waals surface area (Å²) in [6.45, 7) is 2.71. The van der Waals surface area contributed by atoms with E-state index >= 15 is 0 Å². The summed E-state index contributed by atoms with van der Waals surface area (Å²) in [5, 5.41) is 3.94. The zero-order chi connectivity index (χ0) is 11.6. The average molecular weight is 242 g/mol. The van der Waals surface area contributed by atoms with Gasteiger partial charge in [-0.15, -0.1) is 0 Å². The van der Waals surface area contributed by atoms with Gasteiger partial charge in [-0.2, -0.15) is 11.8 Å². The van der Waals surface area contributed by atoms with E-state index in [2.05, 4.69) is 12.2 Å². The van der Waals surface area contributed by atoms with Crippen LogP contribution in [0.4, 0.5) is 0 Å². The molecule has 3 N–H and O–H groups in total. The third-order valence-corrected chi connectivity index (χ3v) is 5.08. The molecule has 1 amide bonds. The van der Waals surface area contributed by atoms with Gasteiger partial charge in [0.15, 0.2) is 0 Å². The standard InChI is InChI=1S/C12H22N2OS/c1-2-16-10-4-3-9(7-10)14-11(15)12(8-13)5-6-12/h9-10H,2-8,13H2,1H3,(H,14,15). The smallest absolute Gasteiger partial charge is 0.227 e. The first kappa shape index (κ1) is 12.2. The monoisotopic (exact) mass is 242 g/mol. The fraction of sp³-hybridized carbons (Fsp3) is 0.917. The zero-order valence-electron chi connectivity index (χ0n) is 10.00. The van der Waals surface area contributed by atoms with Gasteiger partial charge in [0.1, 0.15) is 0 Å². The average Bonchev–Trinajstić information content (AvgIpc) is 2.97. The highest BCUT2D eigenvalue weighted by molar-refractivity contribution is 7.99. The Bertz CT molecular complexity index is 266. The van der Waals surface area contributed by atoms with Crippen molar-refractivity contribution in [1.29, 1.82) is 0 Å². The van der Waals surface area contributed by atoms with E-state index in [0.29, 0.717) is 12.6 Å². The molecule has 2 unspecified atom stereocenters. The Morgan fingerprint density at radius 3 is 2.81 bits per heavy atom. The van der Waals surface area contributed by atoms with Gasteiger partial charge in [-0.1, -0.05) is 6.92 Å². The molecule has 0 aromatic heterocycles. The van der Waals surface area contributed by atoms with Crippen molar-refractivity contribution in [3.05, 3.63) is 0 Å². The van der Waals surface area contributed by atoms with Gasteiger partial charge >= 0.3 is 0 Å². The van der Waals surface area contributed by atoms with Crippen molar-refractivity contribution >= 4 is 17.7 Å². The highest BCUT2D eigenvalue weighted by Gasteiger charge is 2.49. The molecule has 0 aliphatic heterocycles. The molecule has 0 aromatic carbocycles. The molecule has 2 atom stereocenters. The summed E-state index contributed by atoms with van der Waals surface area (Å²) in [5.74, 6) is 1.39. The summed E-state index contributed by atoms with van der Waals surface area (Å²) in [6, 6.07) is 0.403. The molecule has 92 valence electrons. The summed E-state index contributed by atoms with van der Waals surface area (Å²) in [7, 11) is 0. The number of hydrogen-bond donors (Lipinski definition) is 2. The molecule has 0 saturated heterocycles. The fourth-order valence-electron chi connectivity index (χ4n) is 2.47. The van der Waals surface area contributed by atoms with Gasteiger partial charge in [0.2, 0.25) is 5.91 Å². The molecular formula is C12H22N2OS. The minimum Gasteiger partial charge on any atom is -0.353 e. The summed E-state index contributed by atoms with van der Waals surface area (Å²) < 4.78 is 0. The first-order valence-electron chi connectivity index (χ1n) is 6.33. The van der Waals surface area contributed by atoms with Gasteiger partial charge < -0.3 is 11.1 Å². The quantitative estimate of drug-likeness (QED) is 0.768. The second kappa shape index (κ2) is 4.96.